The summed E-state index contributed by atoms with van der Waals surface area (Å²) in [4.78, 5) is 15.9. The quantitative estimate of drug-likeness (QED) is 0.756. The summed E-state index contributed by atoms with van der Waals surface area (Å²) >= 11 is 1.66. The van der Waals surface area contributed by atoms with E-state index in [2.05, 4.69) is 24.1 Å². The van der Waals surface area contributed by atoms with Crippen LogP contribution in [0.5, 0.6) is 0 Å². The van der Waals surface area contributed by atoms with E-state index >= 15 is 0 Å². The molecule has 0 saturated heterocycles. The smallest absolute Gasteiger partial charge is 0.225 e. The number of carbonyl (C=O) groups excluding carboxylic acids is 1. The highest BCUT2D eigenvalue weighted by Gasteiger charge is 2.24. The van der Waals surface area contributed by atoms with Gasteiger partial charge in [-0.2, -0.15) is 0 Å². The molecule has 1 aromatic rings. The molecule has 0 aromatic heterocycles. The maximum absolute atomic E-state index is 12.3. The van der Waals surface area contributed by atoms with Gasteiger partial charge in [-0.3, -0.25) is 9.69 Å². The van der Waals surface area contributed by atoms with Crippen LogP contribution < -0.4 is 5.32 Å². The van der Waals surface area contributed by atoms with Gasteiger partial charge in [0.15, 0.2) is 0 Å². The maximum atomic E-state index is 12.3. The molecular weight excluding hydrogens is 292 g/mol. The SMILES string of the molecule is CSc1ccccc1NC(=O)CCN(C(C)C)C1CCCC1. The van der Waals surface area contributed by atoms with Crippen LogP contribution >= 0.6 is 11.8 Å². The second-order valence-corrected chi connectivity index (χ2v) is 7.12. The number of carbonyl (C=O) groups is 1. The van der Waals surface area contributed by atoms with Gasteiger partial charge in [-0.05, 0) is 45.1 Å². The highest BCUT2D eigenvalue weighted by atomic mass is 32.2. The van der Waals surface area contributed by atoms with Crippen molar-refractivity contribution < 1.29 is 4.79 Å². The Morgan fingerprint density at radius 3 is 2.64 bits per heavy atom. The summed E-state index contributed by atoms with van der Waals surface area (Å²) in [6.45, 7) is 5.33. The molecule has 3 nitrogen and oxygen atoms in total. The van der Waals surface area contributed by atoms with E-state index in [-0.39, 0.29) is 5.91 Å². The zero-order chi connectivity index (χ0) is 15.9. The van der Waals surface area contributed by atoms with Crippen LogP contribution in [-0.4, -0.2) is 35.7 Å². The van der Waals surface area contributed by atoms with Gasteiger partial charge in [0.2, 0.25) is 5.91 Å². The van der Waals surface area contributed by atoms with E-state index in [1.165, 1.54) is 25.7 Å². The first-order chi connectivity index (χ1) is 10.6. The Kier molecular flexibility index (Phi) is 6.77. The third kappa shape index (κ3) is 4.75. The van der Waals surface area contributed by atoms with Crippen LogP contribution in [0, 0.1) is 0 Å². The van der Waals surface area contributed by atoms with Crippen molar-refractivity contribution in [3.63, 3.8) is 0 Å². The normalized spacial score (nSPS) is 15.7. The number of para-hydroxylation sites is 1. The molecule has 4 heteroatoms. The zero-order valence-electron chi connectivity index (χ0n) is 14.0. The van der Waals surface area contributed by atoms with E-state index < -0.39 is 0 Å². The fourth-order valence-corrected chi connectivity index (χ4v) is 3.84. The molecule has 0 atom stereocenters. The standard InChI is InChI=1S/C18H28N2OS/c1-14(2)20(15-8-4-5-9-15)13-12-18(21)19-16-10-6-7-11-17(16)22-3/h6-7,10-11,14-15H,4-5,8-9,12-13H2,1-3H3,(H,19,21). The van der Waals surface area contributed by atoms with Crippen molar-refractivity contribution in [3.05, 3.63) is 24.3 Å². The minimum atomic E-state index is 0.116. The molecule has 1 N–H and O–H groups in total. The van der Waals surface area contributed by atoms with E-state index in [1.807, 2.05) is 30.5 Å². The molecule has 0 radical (unpaired) electrons. The van der Waals surface area contributed by atoms with Gasteiger partial charge in [0, 0.05) is 29.9 Å². The summed E-state index contributed by atoms with van der Waals surface area (Å²) < 4.78 is 0. The van der Waals surface area contributed by atoms with Gasteiger partial charge in [0.1, 0.15) is 0 Å². The lowest BCUT2D eigenvalue weighted by Crippen LogP contribution is -2.40. The molecule has 0 bridgehead atoms. The van der Waals surface area contributed by atoms with Crippen molar-refractivity contribution in [2.75, 3.05) is 18.1 Å². The molecule has 122 valence electrons. The lowest BCUT2D eigenvalue weighted by molar-refractivity contribution is -0.116. The number of amides is 1. The summed E-state index contributed by atoms with van der Waals surface area (Å²) in [6.07, 6.45) is 7.84. The molecule has 0 aliphatic heterocycles. The van der Waals surface area contributed by atoms with E-state index in [1.54, 1.807) is 11.8 Å². The largest absolute Gasteiger partial charge is 0.325 e. The van der Waals surface area contributed by atoms with Crippen LogP contribution in [0.1, 0.15) is 46.0 Å². The molecule has 0 spiro atoms. The second kappa shape index (κ2) is 8.59. The molecular formula is C18H28N2OS. The Balaban J connectivity index is 1.88. The van der Waals surface area contributed by atoms with Crippen LogP contribution in [-0.2, 0) is 4.79 Å². The van der Waals surface area contributed by atoms with Gasteiger partial charge >= 0.3 is 0 Å². The first-order valence-electron chi connectivity index (χ1n) is 8.30. The highest BCUT2D eigenvalue weighted by Crippen LogP contribution is 2.26. The van der Waals surface area contributed by atoms with Crippen molar-refractivity contribution in [1.29, 1.82) is 0 Å². The molecule has 0 heterocycles. The van der Waals surface area contributed by atoms with Crippen molar-refractivity contribution in [3.8, 4) is 0 Å². The predicted molar refractivity (Wildman–Crippen MR) is 95.6 cm³/mol. The summed E-state index contributed by atoms with van der Waals surface area (Å²) in [5.74, 6) is 0.116. The van der Waals surface area contributed by atoms with Crippen LogP contribution in [0.4, 0.5) is 5.69 Å². The van der Waals surface area contributed by atoms with E-state index in [0.29, 0.717) is 18.5 Å². The monoisotopic (exact) mass is 320 g/mol. The van der Waals surface area contributed by atoms with Gasteiger partial charge in [0.05, 0.1) is 5.69 Å². The van der Waals surface area contributed by atoms with Crippen molar-refractivity contribution in [2.45, 2.75) is 62.9 Å². The zero-order valence-corrected chi connectivity index (χ0v) is 14.8. The minimum absolute atomic E-state index is 0.116. The van der Waals surface area contributed by atoms with Gasteiger partial charge in [0.25, 0.3) is 0 Å². The molecule has 1 saturated carbocycles. The molecule has 0 unspecified atom stereocenters. The Labute approximate surface area is 138 Å². The second-order valence-electron chi connectivity index (χ2n) is 6.27. The molecule has 1 amide bonds. The third-order valence-electron chi connectivity index (χ3n) is 4.44. The van der Waals surface area contributed by atoms with Gasteiger partial charge < -0.3 is 5.32 Å². The molecule has 22 heavy (non-hydrogen) atoms. The molecule has 1 aromatic carbocycles. The highest BCUT2D eigenvalue weighted by molar-refractivity contribution is 7.98. The topological polar surface area (TPSA) is 32.3 Å². The Hall–Kier alpha value is -1.00. The summed E-state index contributed by atoms with van der Waals surface area (Å²) in [5.41, 5.74) is 0.928. The van der Waals surface area contributed by atoms with Gasteiger partial charge in [-0.25, -0.2) is 0 Å². The number of thioether (sulfide) groups is 1. The molecule has 2 rings (SSSR count). The fourth-order valence-electron chi connectivity index (χ4n) is 3.29. The van der Waals surface area contributed by atoms with E-state index in [9.17, 15) is 4.79 Å². The Morgan fingerprint density at radius 2 is 2.00 bits per heavy atom. The van der Waals surface area contributed by atoms with Crippen molar-refractivity contribution in [2.24, 2.45) is 0 Å². The number of nitrogens with zero attached hydrogens (tertiary/aromatic N) is 1. The maximum Gasteiger partial charge on any atom is 0.225 e. The van der Waals surface area contributed by atoms with Gasteiger partial charge in [-0.1, -0.05) is 25.0 Å². The lowest BCUT2D eigenvalue weighted by atomic mass is 10.1. The van der Waals surface area contributed by atoms with Crippen molar-refractivity contribution >= 4 is 23.4 Å². The number of nitrogens with one attached hydrogen (secondary N) is 1. The third-order valence-corrected chi connectivity index (χ3v) is 5.23. The van der Waals surface area contributed by atoms with Crippen LogP contribution in [0.3, 0.4) is 0 Å². The number of anilines is 1. The van der Waals surface area contributed by atoms with Crippen LogP contribution in [0.15, 0.2) is 29.2 Å². The summed E-state index contributed by atoms with van der Waals surface area (Å²) in [6, 6.07) is 9.16. The first kappa shape index (κ1) is 17.4. The number of hydrogen-bond acceptors (Lipinski definition) is 3. The Morgan fingerprint density at radius 1 is 1.32 bits per heavy atom. The number of benzene rings is 1. The molecule has 1 aliphatic rings. The average molecular weight is 321 g/mol. The summed E-state index contributed by atoms with van der Waals surface area (Å²) in [5, 5.41) is 3.06. The lowest BCUT2D eigenvalue weighted by Gasteiger charge is -2.32. The summed E-state index contributed by atoms with van der Waals surface area (Å²) in [7, 11) is 0. The van der Waals surface area contributed by atoms with Crippen LogP contribution in [0.25, 0.3) is 0 Å². The van der Waals surface area contributed by atoms with E-state index in [0.717, 1.165) is 17.1 Å². The fraction of sp³-hybridized carbons (Fsp3) is 0.611. The molecule has 1 fully saturated rings. The van der Waals surface area contributed by atoms with E-state index in [4.69, 9.17) is 0 Å². The predicted octanol–water partition coefficient (Wildman–Crippen LogP) is 4.39. The van der Waals surface area contributed by atoms with Crippen LogP contribution in [0.2, 0.25) is 0 Å². The molecule has 1 aliphatic carbocycles. The first-order valence-corrected chi connectivity index (χ1v) is 9.53. The Bertz CT molecular complexity index is 484. The van der Waals surface area contributed by atoms with Crippen molar-refractivity contribution in [1.82, 2.24) is 4.90 Å². The van der Waals surface area contributed by atoms with Gasteiger partial charge in [-0.15, -0.1) is 11.8 Å². The number of rotatable bonds is 7. The number of hydrogen-bond donors (Lipinski definition) is 1. The minimum Gasteiger partial charge on any atom is -0.325 e. The average Bonchev–Trinajstić information content (AvgIpc) is 3.01.